The molecule has 0 fully saturated rings. The topological polar surface area (TPSA) is 33.1 Å². The first kappa shape index (κ1) is 10.9. The van der Waals surface area contributed by atoms with E-state index in [-0.39, 0.29) is 6.61 Å². The highest BCUT2D eigenvalue weighted by Gasteiger charge is 2.07. The number of rotatable bonds is 2. The number of aromatic nitrogens is 1. The average molecular weight is 235 g/mol. The molecule has 1 N–H and O–H groups in total. The zero-order valence-electron chi connectivity index (χ0n) is 9.88. The van der Waals surface area contributed by atoms with Gasteiger partial charge in [-0.1, -0.05) is 54.6 Å². The van der Waals surface area contributed by atoms with Crippen LogP contribution < -0.4 is 0 Å². The number of benzene rings is 2. The van der Waals surface area contributed by atoms with E-state index in [2.05, 4.69) is 11.1 Å². The molecule has 0 spiro atoms. The third-order valence-electron chi connectivity index (χ3n) is 3.00. The summed E-state index contributed by atoms with van der Waals surface area (Å²) in [7, 11) is 0. The monoisotopic (exact) mass is 235 g/mol. The van der Waals surface area contributed by atoms with Crippen molar-refractivity contribution in [3.63, 3.8) is 0 Å². The predicted octanol–water partition coefficient (Wildman–Crippen LogP) is 3.39. The Morgan fingerprint density at radius 2 is 1.61 bits per heavy atom. The highest BCUT2D eigenvalue weighted by Crippen LogP contribution is 2.27. The third-order valence-corrected chi connectivity index (χ3v) is 3.00. The Morgan fingerprint density at radius 1 is 0.889 bits per heavy atom. The fraction of sp³-hybridized carbons (Fsp3) is 0.0625. The van der Waals surface area contributed by atoms with Gasteiger partial charge in [0.25, 0.3) is 0 Å². The summed E-state index contributed by atoms with van der Waals surface area (Å²) in [6.07, 6.45) is 0. The molecule has 0 aliphatic heterocycles. The van der Waals surface area contributed by atoms with Gasteiger partial charge >= 0.3 is 0 Å². The molecule has 2 heteroatoms. The maximum absolute atomic E-state index is 9.31. The summed E-state index contributed by atoms with van der Waals surface area (Å²) >= 11 is 0. The molecule has 1 aromatic heterocycles. The normalized spacial score (nSPS) is 10.7. The maximum Gasteiger partial charge on any atom is 0.0853 e. The standard InChI is InChI=1S/C16H13NO/c18-11-14-10-13-8-4-5-9-15(13)16(17-14)12-6-2-1-3-7-12/h1-10,18H,11H2. The lowest BCUT2D eigenvalue weighted by Crippen LogP contribution is -1.93. The lowest BCUT2D eigenvalue weighted by atomic mass is 10.0. The van der Waals surface area contributed by atoms with Gasteiger partial charge in [0, 0.05) is 10.9 Å². The molecule has 0 aliphatic carbocycles. The van der Waals surface area contributed by atoms with Crippen molar-refractivity contribution in [2.75, 3.05) is 0 Å². The van der Waals surface area contributed by atoms with Crippen molar-refractivity contribution in [2.24, 2.45) is 0 Å². The molecule has 0 atom stereocenters. The van der Waals surface area contributed by atoms with Gasteiger partial charge in [-0.3, -0.25) is 0 Å². The smallest absolute Gasteiger partial charge is 0.0853 e. The van der Waals surface area contributed by atoms with Crippen LogP contribution in [0.4, 0.5) is 0 Å². The van der Waals surface area contributed by atoms with E-state index in [1.165, 1.54) is 0 Å². The van der Waals surface area contributed by atoms with Crippen LogP contribution in [0.5, 0.6) is 0 Å². The van der Waals surface area contributed by atoms with Crippen LogP contribution in [-0.4, -0.2) is 10.1 Å². The first-order valence-corrected chi connectivity index (χ1v) is 5.93. The van der Waals surface area contributed by atoms with Crippen LogP contribution in [0.25, 0.3) is 22.0 Å². The summed E-state index contributed by atoms with van der Waals surface area (Å²) in [6.45, 7) is -0.0370. The average Bonchev–Trinajstić information content (AvgIpc) is 2.47. The number of aliphatic hydroxyl groups excluding tert-OH is 1. The van der Waals surface area contributed by atoms with Gasteiger partial charge in [-0.2, -0.15) is 0 Å². The van der Waals surface area contributed by atoms with E-state index < -0.39 is 0 Å². The highest BCUT2D eigenvalue weighted by molar-refractivity contribution is 5.94. The van der Waals surface area contributed by atoms with Gasteiger partial charge in [-0.25, -0.2) is 4.98 Å². The van der Waals surface area contributed by atoms with E-state index in [0.717, 1.165) is 22.0 Å². The van der Waals surface area contributed by atoms with Gasteiger partial charge in [0.2, 0.25) is 0 Å². The summed E-state index contributed by atoms with van der Waals surface area (Å²) in [5.74, 6) is 0. The largest absolute Gasteiger partial charge is 0.390 e. The number of hydrogen-bond donors (Lipinski definition) is 1. The minimum absolute atomic E-state index is 0.0370. The summed E-state index contributed by atoms with van der Waals surface area (Å²) in [5, 5.41) is 11.5. The van der Waals surface area contributed by atoms with E-state index >= 15 is 0 Å². The second kappa shape index (κ2) is 4.59. The lowest BCUT2D eigenvalue weighted by molar-refractivity contribution is 0.277. The molecule has 0 saturated heterocycles. The fourth-order valence-electron chi connectivity index (χ4n) is 2.15. The van der Waals surface area contributed by atoms with Crippen LogP contribution in [0.1, 0.15) is 5.69 Å². The molecule has 0 unspecified atom stereocenters. The van der Waals surface area contributed by atoms with Crippen LogP contribution >= 0.6 is 0 Å². The van der Waals surface area contributed by atoms with Gasteiger partial charge in [-0.15, -0.1) is 0 Å². The zero-order chi connectivity index (χ0) is 12.4. The minimum Gasteiger partial charge on any atom is -0.390 e. The molecule has 3 rings (SSSR count). The lowest BCUT2D eigenvalue weighted by Gasteiger charge is -2.08. The van der Waals surface area contributed by atoms with Crippen molar-refractivity contribution < 1.29 is 5.11 Å². The Morgan fingerprint density at radius 3 is 2.39 bits per heavy atom. The van der Waals surface area contributed by atoms with Crippen LogP contribution in [-0.2, 0) is 6.61 Å². The highest BCUT2D eigenvalue weighted by atomic mass is 16.3. The van der Waals surface area contributed by atoms with Crippen LogP contribution in [0, 0.1) is 0 Å². The first-order valence-electron chi connectivity index (χ1n) is 5.93. The van der Waals surface area contributed by atoms with Crippen molar-refractivity contribution in [3.05, 3.63) is 66.4 Å². The van der Waals surface area contributed by atoms with Crippen molar-refractivity contribution in [1.29, 1.82) is 0 Å². The molecule has 2 aromatic carbocycles. The fourth-order valence-corrected chi connectivity index (χ4v) is 2.15. The van der Waals surface area contributed by atoms with Crippen LogP contribution in [0.15, 0.2) is 60.7 Å². The molecular formula is C16H13NO. The molecule has 3 aromatic rings. The minimum atomic E-state index is -0.0370. The first-order chi connectivity index (χ1) is 8.88. The van der Waals surface area contributed by atoms with Crippen molar-refractivity contribution in [3.8, 4) is 11.3 Å². The Kier molecular flexibility index (Phi) is 2.79. The van der Waals surface area contributed by atoms with Gasteiger partial charge in [-0.05, 0) is 11.5 Å². The van der Waals surface area contributed by atoms with Crippen molar-refractivity contribution in [2.45, 2.75) is 6.61 Å². The SMILES string of the molecule is OCc1cc2ccccc2c(-c2ccccc2)n1. The van der Waals surface area contributed by atoms with Crippen LogP contribution in [0.2, 0.25) is 0 Å². The second-order valence-electron chi connectivity index (χ2n) is 4.21. The van der Waals surface area contributed by atoms with Gasteiger partial charge < -0.3 is 5.11 Å². The summed E-state index contributed by atoms with van der Waals surface area (Å²) in [5.41, 5.74) is 2.70. The van der Waals surface area contributed by atoms with E-state index in [1.807, 2.05) is 54.6 Å². The number of fused-ring (bicyclic) bond motifs is 1. The van der Waals surface area contributed by atoms with Gasteiger partial charge in [0.15, 0.2) is 0 Å². The number of pyridine rings is 1. The Balaban J connectivity index is 2.33. The molecule has 0 saturated carbocycles. The number of aliphatic hydroxyl groups is 1. The van der Waals surface area contributed by atoms with E-state index in [1.54, 1.807) is 0 Å². The molecular weight excluding hydrogens is 222 g/mol. The zero-order valence-corrected chi connectivity index (χ0v) is 9.88. The van der Waals surface area contributed by atoms with E-state index in [4.69, 9.17) is 0 Å². The molecule has 0 radical (unpaired) electrons. The van der Waals surface area contributed by atoms with Crippen molar-refractivity contribution in [1.82, 2.24) is 4.98 Å². The second-order valence-corrected chi connectivity index (χ2v) is 4.21. The summed E-state index contributed by atoms with van der Waals surface area (Å²) in [4.78, 5) is 4.54. The quantitative estimate of drug-likeness (QED) is 0.738. The van der Waals surface area contributed by atoms with Gasteiger partial charge in [0.1, 0.15) is 0 Å². The molecule has 0 bridgehead atoms. The number of nitrogens with zero attached hydrogens (tertiary/aromatic N) is 1. The maximum atomic E-state index is 9.31. The van der Waals surface area contributed by atoms with E-state index in [9.17, 15) is 5.11 Å². The predicted molar refractivity (Wildman–Crippen MR) is 73.1 cm³/mol. The Labute approximate surface area is 106 Å². The molecule has 0 aliphatic rings. The van der Waals surface area contributed by atoms with Crippen LogP contribution in [0.3, 0.4) is 0 Å². The molecule has 18 heavy (non-hydrogen) atoms. The Hall–Kier alpha value is -2.19. The number of hydrogen-bond acceptors (Lipinski definition) is 2. The van der Waals surface area contributed by atoms with Crippen molar-refractivity contribution >= 4 is 10.8 Å². The molecule has 0 amide bonds. The van der Waals surface area contributed by atoms with E-state index in [0.29, 0.717) is 5.69 Å². The molecule has 2 nitrogen and oxygen atoms in total. The third kappa shape index (κ3) is 1.87. The Bertz CT molecular complexity index is 677. The van der Waals surface area contributed by atoms with Gasteiger partial charge in [0.05, 0.1) is 18.0 Å². The molecule has 88 valence electrons. The summed E-state index contributed by atoms with van der Waals surface area (Å²) < 4.78 is 0. The molecule has 1 heterocycles. The summed E-state index contributed by atoms with van der Waals surface area (Å²) in [6, 6.07) is 20.1.